The molecule has 2 rings (SSSR count). The van der Waals surface area contributed by atoms with E-state index in [2.05, 4.69) is 31.6 Å². The van der Waals surface area contributed by atoms with Crippen LogP contribution < -0.4 is 4.74 Å². The maximum absolute atomic E-state index is 5.79. The molecule has 0 amide bonds. The van der Waals surface area contributed by atoms with E-state index in [-0.39, 0.29) is 17.2 Å². The lowest BCUT2D eigenvalue weighted by molar-refractivity contribution is 0.294. The molecular formula is C10H11ClN6O. The monoisotopic (exact) mass is 266 g/mol. The SMILES string of the molecule is C=C(C)CCOc1nc(Cl)nc(-n2cncn2)n1. The lowest BCUT2D eigenvalue weighted by Crippen LogP contribution is -2.08. The summed E-state index contributed by atoms with van der Waals surface area (Å²) < 4.78 is 6.74. The normalized spacial score (nSPS) is 10.3. The Kier molecular flexibility index (Phi) is 3.83. The number of ether oxygens (including phenoxy) is 1. The van der Waals surface area contributed by atoms with Crippen LogP contribution in [0.25, 0.3) is 5.95 Å². The Balaban J connectivity index is 2.14. The lowest BCUT2D eigenvalue weighted by Gasteiger charge is -2.05. The fourth-order valence-electron chi connectivity index (χ4n) is 1.12. The second-order valence-corrected chi connectivity index (χ2v) is 3.92. The van der Waals surface area contributed by atoms with Gasteiger partial charge in [0.2, 0.25) is 5.28 Å². The predicted octanol–water partition coefficient (Wildman–Crippen LogP) is 1.45. The standard InChI is InChI=1S/C10H11ClN6O/c1-7(2)3-4-18-10-15-8(11)14-9(16-10)17-6-12-5-13-17/h5-6H,1,3-4H2,2H3. The average molecular weight is 267 g/mol. The maximum Gasteiger partial charge on any atom is 0.322 e. The Morgan fingerprint density at radius 2 is 2.28 bits per heavy atom. The number of halogens is 1. The predicted molar refractivity (Wildman–Crippen MR) is 64.7 cm³/mol. The fourth-order valence-corrected chi connectivity index (χ4v) is 1.26. The van der Waals surface area contributed by atoms with Gasteiger partial charge in [0.05, 0.1) is 6.61 Å². The molecule has 8 heteroatoms. The van der Waals surface area contributed by atoms with Gasteiger partial charge in [-0.05, 0) is 18.5 Å². The second-order valence-electron chi connectivity index (χ2n) is 3.58. The Morgan fingerprint density at radius 1 is 1.44 bits per heavy atom. The summed E-state index contributed by atoms with van der Waals surface area (Å²) in [7, 11) is 0. The Labute approximate surface area is 109 Å². The van der Waals surface area contributed by atoms with Gasteiger partial charge in [0.25, 0.3) is 5.95 Å². The van der Waals surface area contributed by atoms with Crippen LogP contribution in [0.4, 0.5) is 0 Å². The van der Waals surface area contributed by atoms with Gasteiger partial charge < -0.3 is 4.74 Å². The molecule has 0 saturated carbocycles. The van der Waals surface area contributed by atoms with Crippen LogP contribution in [0.15, 0.2) is 24.8 Å². The van der Waals surface area contributed by atoms with Crippen molar-refractivity contribution in [2.24, 2.45) is 0 Å². The summed E-state index contributed by atoms with van der Waals surface area (Å²) in [5.41, 5.74) is 1.02. The molecule has 2 aromatic rings. The molecule has 0 N–H and O–H groups in total. The smallest absolute Gasteiger partial charge is 0.322 e. The number of hydrogen-bond acceptors (Lipinski definition) is 6. The molecule has 0 saturated heterocycles. The Bertz CT molecular complexity index is 541. The maximum atomic E-state index is 5.79. The third kappa shape index (κ3) is 3.24. The van der Waals surface area contributed by atoms with E-state index in [1.165, 1.54) is 17.3 Å². The third-order valence-electron chi connectivity index (χ3n) is 1.96. The zero-order chi connectivity index (χ0) is 13.0. The van der Waals surface area contributed by atoms with E-state index in [4.69, 9.17) is 16.3 Å². The van der Waals surface area contributed by atoms with Crippen molar-refractivity contribution in [2.75, 3.05) is 6.61 Å². The number of nitrogens with zero attached hydrogens (tertiary/aromatic N) is 6. The van der Waals surface area contributed by atoms with E-state index in [0.29, 0.717) is 6.61 Å². The second kappa shape index (κ2) is 5.54. The first-order valence-electron chi connectivity index (χ1n) is 5.19. The summed E-state index contributed by atoms with van der Waals surface area (Å²) in [6.07, 6.45) is 3.56. The molecule has 0 atom stereocenters. The summed E-state index contributed by atoms with van der Waals surface area (Å²) >= 11 is 5.79. The highest BCUT2D eigenvalue weighted by molar-refractivity contribution is 6.28. The van der Waals surface area contributed by atoms with Crippen LogP contribution in [-0.4, -0.2) is 36.3 Å². The topological polar surface area (TPSA) is 78.6 Å². The van der Waals surface area contributed by atoms with Gasteiger partial charge in [-0.15, -0.1) is 6.58 Å². The first-order chi connectivity index (χ1) is 8.65. The lowest BCUT2D eigenvalue weighted by atomic mass is 10.3. The van der Waals surface area contributed by atoms with Crippen LogP contribution in [0.5, 0.6) is 6.01 Å². The summed E-state index contributed by atoms with van der Waals surface area (Å²) in [6.45, 7) is 6.14. The van der Waals surface area contributed by atoms with Gasteiger partial charge >= 0.3 is 6.01 Å². The van der Waals surface area contributed by atoms with Gasteiger partial charge in [-0.3, -0.25) is 0 Å². The highest BCUT2D eigenvalue weighted by atomic mass is 35.5. The van der Waals surface area contributed by atoms with Gasteiger partial charge in [-0.2, -0.15) is 24.7 Å². The minimum Gasteiger partial charge on any atom is -0.463 e. The molecule has 0 radical (unpaired) electrons. The molecule has 0 bridgehead atoms. The van der Waals surface area contributed by atoms with Crippen LogP contribution in [-0.2, 0) is 0 Å². The van der Waals surface area contributed by atoms with Gasteiger partial charge in [0, 0.05) is 6.42 Å². The molecule has 0 fully saturated rings. The van der Waals surface area contributed by atoms with Crippen molar-refractivity contribution < 1.29 is 4.74 Å². The molecule has 0 aliphatic rings. The van der Waals surface area contributed by atoms with Crippen molar-refractivity contribution in [1.29, 1.82) is 0 Å². The summed E-state index contributed by atoms with van der Waals surface area (Å²) in [6, 6.07) is 0.154. The van der Waals surface area contributed by atoms with Crippen LogP contribution >= 0.6 is 11.6 Å². The van der Waals surface area contributed by atoms with Crippen molar-refractivity contribution in [2.45, 2.75) is 13.3 Å². The molecule has 0 aliphatic heterocycles. The van der Waals surface area contributed by atoms with E-state index in [1.54, 1.807) is 0 Å². The van der Waals surface area contributed by atoms with Crippen LogP contribution in [0.3, 0.4) is 0 Å². The minimum atomic E-state index is 0.0424. The molecule has 2 heterocycles. The highest BCUT2D eigenvalue weighted by Gasteiger charge is 2.08. The van der Waals surface area contributed by atoms with Crippen molar-refractivity contribution in [3.05, 3.63) is 30.1 Å². The zero-order valence-corrected chi connectivity index (χ0v) is 10.5. The van der Waals surface area contributed by atoms with Crippen LogP contribution in [0.2, 0.25) is 5.28 Å². The summed E-state index contributed by atoms with van der Waals surface area (Å²) in [5, 5.41) is 3.94. The van der Waals surface area contributed by atoms with Crippen molar-refractivity contribution in [3.63, 3.8) is 0 Å². The average Bonchev–Trinajstić information content (AvgIpc) is 2.81. The third-order valence-corrected chi connectivity index (χ3v) is 2.13. The van der Waals surface area contributed by atoms with Gasteiger partial charge in [0.1, 0.15) is 12.7 Å². The van der Waals surface area contributed by atoms with E-state index < -0.39 is 0 Å². The largest absolute Gasteiger partial charge is 0.463 e. The molecule has 0 aromatic carbocycles. The van der Waals surface area contributed by atoms with E-state index in [1.807, 2.05) is 6.92 Å². The summed E-state index contributed by atoms with van der Waals surface area (Å²) in [4.78, 5) is 15.7. The Hall–Kier alpha value is -2.02. The Morgan fingerprint density at radius 3 is 2.94 bits per heavy atom. The first kappa shape index (κ1) is 12.4. The summed E-state index contributed by atoms with van der Waals surface area (Å²) in [5.74, 6) is 0.262. The molecule has 0 spiro atoms. The molecule has 94 valence electrons. The molecule has 7 nitrogen and oxygen atoms in total. The van der Waals surface area contributed by atoms with E-state index in [0.717, 1.165) is 12.0 Å². The van der Waals surface area contributed by atoms with E-state index in [9.17, 15) is 0 Å². The van der Waals surface area contributed by atoms with Crippen LogP contribution in [0, 0.1) is 0 Å². The van der Waals surface area contributed by atoms with Crippen LogP contribution in [0.1, 0.15) is 13.3 Å². The zero-order valence-electron chi connectivity index (χ0n) is 9.75. The van der Waals surface area contributed by atoms with Gasteiger partial charge in [0.15, 0.2) is 0 Å². The molecular weight excluding hydrogens is 256 g/mol. The number of aromatic nitrogens is 6. The number of hydrogen-bond donors (Lipinski definition) is 0. The minimum absolute atomic E-state index is 0.0424. The van der Waals surface area contributed by atoms with Crippen molar-refractivity contribution >= 4 is 11.6 Å². The van der Waals surface area contributed by atoms with Gasteiger partial charge in [-0.25, -0.2) is 4.98 Å². The molecule has 0 unspecified atom stereocenters. The van der Waals surface area contributed by atoms with E-state index >= 15 is 0 Å². The molecule has 0 aliphatic carbocycles. The highest BCUT2D eigenvalue weighted by Crippen LogP contribution is 2.11. The molecule has 2 aromatic heterocycles. The van der Waals surface area contributed by atoms with Crippen molar-refractivity contribution in [3.8, 4) is 12.0 Å². The molecule has 18 heavy (non-hydrogen) atoms. The fraction of sp³-hybridized carbons (Fsp3) is 0.300. The number of rotatable bonds is 5. The first-order valence-corrected chi connectivity index (χ1v) is 5.56. The van der Waals surface area contributed by atoms with Crippen molar-refractivity contribution in [1.82, 2.24) is 29.7 Å². The quantitative estimate of drug-likeness (QED) is 0.762. The van der Waals surface area contributed by atoms with Gasteiger partial charge in [-0.1, -0.05) is 5.57 Å².